The van der Waals surface area contributed by atoms with Crippen LogP contribution in [0.4, 0.5) is 0 Å². The van der Waals surface area contributed by atoms with E-state index in [1.165, 1.54) is 5.56 Å². The summed E-state index contributed by atoms with van der Waals surface area (Å²) in [5, 5.41) is 2.96. The van der Waals surface area contributed by atoms with Crippen molar-refractivity contribution < 1.29 is 19.1 Å². The summed E-state index contributed by atoms with van der Waals surface area (Å²) in [6, 6.07) is 13.8. The molecule has 27 heavy (non-hydrogen) atoms. The molecule has 5 heteroatoms. The number of hydrogen-bond donors (Lipinski definition) is 1. The zero-order chi connectivity index (χ0) is 19.2. The molecule has 0 heterocycles. The van der Waals surface area contributed by atoms with Gasteiger partial charge in [0.2, 0.25) is 0 Å². The number of hydrogen-bond acceptors (Lipinski definition) is 4. The second kappa shape index (κ2) is 8.71. The number of aryl methyl sites for hydroxylation is 3. The SMILES string of the molecule is Cc1cc(C)cc(OCC(=O)OCC(=O)NC2CCCc3ccccc32)c1. The lowest BCUT2D eigenvalue weighted by Gasteiger charge is -2.26. The lowest BCUT2D eigenvalue weighted by molar-refractivity contribution is -0.150. The minimum atomic E-state index is -0.562. The van der Waals surface area contributed by atoms with Gasteiger partial charge in [0.15, 0.2) is 13.2 Å². The number of amides is 1. The Labute approximate surface area is 159 Å². The largest absolute Gasteiger partial charge is 0.482 e. The minimum Gasteiger partial charge on any atom is -0.482 e. The van der Waals surface area contributed by atoms with E-state index in [1.54, 1.807) is 0 Å². The van der Waals surface area contributed by atoms with Crippen LogP contribution in [-0.2, 0) is 20.7 Å². The molecule has 1 N–H and O–H groups in total. The van der Waals surface area contributed by atoms with Crippen LogP contribution in [0.2, 0.25) is 0 Å². The molecular formula is C22H25NO4. The van der Waals surface area contributed by atoms with Gasteiger partial charge < -0.3 is 14.8 Å². The van der Waals surface area contributed by atoms with E-state index in [9.17, 15) is 9.59 Å². The predicted octanol–water partition coefficient (Wildman–Crippen LogP) is 3.42. The molecule has 1 amide bonds. The molecule has 5 nitrogen and oxygen atoms in total. The van der Waals surface area contributed by atoms with Gasteiger partial charge in [-0.1, -0.05) is 30.3 Å². The van der Waals surface area contributed by atoms with Crippen molar-refractivity contribution >= 4 is 11.9 Å². The van der Waals surface area contributed by atoms with Crippen LogP contribution in [0.3, 0.4) is 0 Å². The van der Waals surface area contributed by atoms with E-state index in [1.807, 2.05) is 50.2 Å². The van der Waals surface area contributed by atoms with Gasteiger partial charge >= 0.3 is 5.97 Å². The average Bonchev–Trinajstić information content (AvgIpc) is 2.64. The maximum Gasteiger partial charge on any atom is 0.344 e. The number of rotatable bonds is 6. The Morgan fingerprint density at radius 2 is 1.81 bits per heavy atom. The molecule has 3 rings (SSSR count). The van der Waals surface area contributed by atoms with E-state index >= 15 is 0 Å². The van der Waals surface area contributed by atoms with Crippen LogP contribution in [0.5, 0.6) is 5.75 Å². The van der Waals surface area contributed by atoms with Crippen LogP contribution >= 0.6 is 0 Å². The van der Waals surface area contributed by atoms with E-state index < -0.39 is 5.97 Å². The van der Waals surface area contributed by atoms with Crippen molar-refractivity contribution in [3.63, 3.8) is 0 Å². The lowest BCUT2D eigenvalue weighted by Crippen LogP contribution is -2.34. The third-order valence-corrected chi connectivity index (χ3v) is 4.62. The van der Waals surface area contributed by atoms with E-state index in [-0.39, 0.29) is 25.2 Å². The number of carbonyl (C=O) groups excluding carboxylic acids is 2. The highest BCUT2D eigenvalue weighted by Gasteiger charge is 2.21. The monoisotopic (exact) mass is 367 g/mol. The van der Waals surface area contributed by atoms with Crippen molar-refractivity contribution in [3.05, 3.63) is 64.7 Å². The van der Waals surface area contributed by atoms with Crippen LogP contribution in [0.1, 0.15) is 41.1 Å². The van der Waals surface area contributed by atoms with Crippen LogP contribution in [-0.4, -0.2) is 25.1 Å². The first-order valence-corrected chi connectivity index (χ1v) is 9.25. The summed E-state index contributed by atoms with van der Waals surface area (Å²) in [6.07, 6.45) is 2.96. The number of nitrogens with one attached hydrogen (secondary N) is 1. The zero-order valence-corrected chi connectivity index (χ0v) is 15.8. The van der Waals surface area contributed by atoms with Crippen molar-refractivity contribution in [1.82, 2.24) is 5.32 Å². The van der Waals surface area contributed by atoms with Gasteiger partial charge in [-0.3, -0.25) is 4.79 Å². The molecule has 0 radical (unpaired) electrons. The molecule has 2 aromatic rings. The van der Waals surface area contributed by atoms with Crippen LogP contribution in [0.15, 0.2) is 42.5 Å². The van der Waals surface area contributed by atoms with Gasteiger partial charge in [0, 0.05) is 0 Å². The second-order valence-corrected chi connectivity index (χ2v) is 6.98. The molecule has 0 saturated carbocycles. The van der Waals surface area contributed by atoms with Gasteiger partial charge in [-0.05, 0) is 67.5 Å². The van der Waals surface area contributed by atoms with E-state index in [0.29, 0.717) is 5.75 Å². The molecule has 0 saturated heterocycles. The number of esters is 1. The number of fused-ring (bicyclic) bond motifs is 1. The summed E-state index contributed by atoms with van der Waals surface area (Å²) < 4.78 is 10.5. The molecule has 1 aliphatic carbocycles. The molecule has 0 spiro atoms. The summed E-state index contributed by atoms with van der Waals surface area (Å²) in [5.41, 5.74) is 4.55. The standard InChI is InChI=1S/C22H25NO4/c1-15-10-16(2)12-18(11-15)26-14-22(25)27-13-21(24)23-20-9-5-7-17-6-3-4-8-19(17)20/h3-4,6,8,10-12,20H,5,7,9,13-14H2,1-2H3,(H,23,24). The summed E-state index contributed by atoms with van der Waals surface area (Å²) in [4.78, 5) is 24.0. The molecular weight excluding hydrogens is 342 g/mol. The fourth-order valence-electron chi connectivity index (χ4n) is 3.49. The van der Waals surface area contributed by atoms with E-state index in [2.05, 4.69) is 11.4 Å². The maximum absolute atomic E-state index is 12.2. The first-order chi connectivity index (χ1) is 13.0. The highest BCUT2D eigenvalue weighted by Crippen LogP contribution is 2.29. The van der Waals surface area contributed by atoms with E-state index in [4.69, 9.17) is 9.47 Å². The van der Waals surface area contributed by atoms with Crippen molar-refractivity contribution in [2.24, 2.45) is 0 Å². The maximum atomic E-state index is 12.2. The fraction of sp³-hybridized carbons (Fsp3) is 0.364. The number of benzene rings is 2. The topological polar surface area (TPSA) is 64.6 Å². The number of ether oxygens (including phenoxy) is 2. The zero-order valence-electron chi connectivity index (χ0n) is 15.8. The molecule has 0 aliphatic heterocycles. The second-order valence-electron chi connectivity index (χ2n) is 6.98. The van der Waals surface area contributed by atoms with Gasteiger partial charge in [-0.25, -0.2) is 4.79 Å². The Morgan fingerprint density at radius 1 is 1.07 bits per heavy atom. The van der Waals surface area contributed by atoms with Gasteiger partial charge in [0.25, 0.3) is 5.91 Å². The Bertz CT molecular complexity index is 811. The van der Waals surface area contributed by atoms with Crippen molar-refractivity contribution in [1.29, 1.82) is 0 Å². The summed E-state index contributed by atoms with van der Waals surface area (Å²) in [7, 11) is 0. The summed E-state index contributed by atoms with van der Waals surface area (Å²) >= 11 is 0. The van der Waals surface area contributed by atoms with Crippen LogP contribution in [0, 0.1) is 13.8 Å². The smallest absolute Gasteiger partial charge is 0.344 e. The Kier molecular flexibility index (Phi) is 6.12. The minimum absolute atomic E-state index is 0.0207. The van der Waals surface area contributed by atoms with Crippen molar-refractivity contribution in [2.75, 3.05) is 13.2 Å². The van der Waals surface area contributed by atoms with Crippen LogP contribution < -0.4 is 10.1 Å². The molecule has 142 valence electrons. The molecule has 1 aliphatic rings. The van der Waals surface area contributed by atoms with Gasteiger partial charge in [-0.2, -0.15) is 0 Å². The molecule has 0 bridgehead atoms. The molecule has 2 aromatic carbocycles. The third kappa shape index (κ3) is 5.33. The molecule has 1 unspecified atom stereocenters. The predicted molar refractivity (Wildman–Crippen MR) is 103 cm³/mol. The van der Waals surface area contributed by atoms with Crippen molar-refractivity contribution in [3.8, 4) is 5.75 Å². The lowest BCUT2D eigenvalue weighted by atomic mass is 9.88. The van der Waals surface area contributed by atoms with Crippen LogP contribution in [0.25, 0.3) is 0 Å². The van der Waals surface area contributed by atoms with Gasteiger partial charge in [0.1, 0.15) is 5.75 Å². The Balaban J connectivity index is 1.45. The van der Waals surface area contributed by atoms with E-state index in [0.717, 1.165) is 36.0 Å². The van der Waals surface area contributed by atoms with Crippen molar-refractivity contribution in [2.45, 2.75) is 39.2 Å². The summed E-state index contributed by atoms with van der Waals surface area (Å²) in [5.74, 6) is -0.238. The molecule has 1 atom stereocenters. The molecule has 0 fully saturated rings. The Hall–Kier alpha value is -2.82. The highest BCUT2D eigenvalue weighted by molar-refractivity contribution is 5.81. The van der Waals surface area contributed by atoms with Gasteiger partial charge in [0.05, 0.1) is 6.04 Å². The normalized spacial score (nSPS) is 15.6. The quantitative estimate of drug-likeness (QED) is 0.795. The number of carbonyl (C=O) groups is 2. The fourth-order valence-corrected chi connectivity index (χ4v) is 3.49. The van der Waals surface area contributed by atoms with Gasteiger partial charge in [-0.15, -0.1) is 0 Å². The highest BCUT2D eigenvalue weighted by atomic mass is 16.6. The summed E-state index contributed by atoms with van der Waals surface area (Å²) in [6.45, 7) is 3.41. The third-order valence-electron chi connectivity index (χ3n) is 4.62. The first kappa shape index (κ1) is 19.0. The first-order valence-electron chi connectivity index (χ1n) is 9.25. The Morgan fingerprint density at radius 3 is 2.59 bits per heavy atom. The average molecular weight is 367 g/mol. The molecule has 0 aromatic heterocycles.